The van der Waals surface area contributed by atoms with Crippen molar-refractivity contribution in [3.63, 3.8) is 0 Å². The molecular formula is C16H17N3OS. The van der Waals surface area contributed by atoms with Gasteiger partial charge in [-0.05, 0) is 34.9 Å². The minimum atomic E-state index is -0.135. The molecule has 2 heterocycles. The summed E-state index contributed by atoms with van der Waals surface area (Å²) >= 11 is 1.70. The van der Waals surface area contributed by atoms with Crippen LogP contribution in [0.25, 0.3) is 10.1 Å². The number of rotatable bonds is 5. The fraction of sp³-hybridized carbons (Fsp3) is 0.250. The lowest BCUT2D eigenvalue weighted by Crippen LogP contribution is -2.22. The number of hydrogen-bond acceptors (Lipinski definition) is 3. The number of hydrogen-bond donors (Lipinski definition) is 2. The molecule has 0 radical (unpaired) electrons. The second-order valence-corrected chi connectivity index (χ2v) is 5.88. The van der Waals surface area contributed by atoms with Gasteiger partial charge in [0.15, 0.2) is 0 Å². The highest BCUT2D eigenvalue weighted by atomic mass is 32.1. The first kappa shape index (κ1) is 13.8. The van der Waals surface area contributed by atoms with Crippen molar-refractivity contribution >= 4 is 27.3 Å². The lowest BCUT2D eigenvalue weighted by Gasteiger charge is -2.02. The Balaban J connectivity index is 1.67. The van der Waals surface area contributed by atoms with E-state index >= 15 is 0 Å². The molecular weight excluding hydrogens is 282 g/mol. The summed E-state index contributed by atoms with van der Waals surface area (Å²) in [6.45, 7) is 2.63. The van der Waals surface area contributed by atoms with Gasteiger partial charge in [-0.15, -0.1) is 11.3 Å². The molecule has 1 amide bonds. The van der Waals surface area contributed by atoms with Crippen LogP contribution in [0.15, 0.2) is 35.7 Å². The van der Waals surface area contributed by atoms with Crippen LogP contribution in [0.1, 0.15) is 35.1 Å². The van der Waals surface area contributed by atoms with Gasteiger partial charge in [0.1, 0.15) is 5.69 Å². The summed E-state index contributed by atoms with van der Waals surface area (Å²) in [7, 11) is 0. The molecule has 2 N–H and O–H groups in total. The summed E-state index contributed by atoms with van der Waals surface area (Å²) < 4.78 is 1.24. The second-order valence-electron chi connectivity index (χ2n) is 4.97. The average Bonchev–Trinajstić information content (AvgIpc) is 3.12. The van der Waals surface area contributed by atoms with E-state index in [2.05, 4.69) is 40.0 Å². The number of carbonyl (C=O) groups is 1. The largest absolute Gasteiger partial charge is 0.347 e. The summed E-state index contributed by atoms with van der Waals surface area (Å²) in [5.41, 5.74) is 2.61. The van der Waals surface area contributed by atoms with Gasteiger partial charge in [0, 0.05) is 16.9 Å². The molecule has 0 atom stereocenters. The van der Waals surface area contributed by atoms with E-state index in [-0.39, 0.29) is 5.91 Å². The van der Waals surface area contributed by atoms with Crippen LogP contribution in [0.5, 0.6) is 0 Å². The SMILES string of the molecule is CCCc1cc(C(=O)NCc2csc3ccccc23)n[nH]1. The maximum absolute atomic E-state index is 12.1. The molecule has 0 aliphatic rings. The summed E-state index contributed by atoms with van der Waals surface area (Å²) in [6, 6.07) is 10.0. The van der Waals surface area contributed by atoms with Gasteiger partial charge in [0.05, 0.1) is 0 Å². The molecule has 0 unspecified atom stereocenters. The first-order valence-electron chi connectivity index (χ1n) is 7.05. The predicted octanol–water partition coefficient (Wildman–Crippen LogP) is 3.51. The van der Waals surface area contributed by atoms with E-state index in [4.69, 9.17) is 0 Å². The van der Waals surface area contributed by atoms with E-state index in [0.717, 1.165) is 24.1 Å². The highest BCUT2D eigenvalue weighted by molar-refractivity contribution is 7.17. The molecule has 0 bridgehead atoms. The average molecular weight is 299 g/mol. The van der Waals surface area contributed by atoms with Gasteiger partial charge < -0.3 is 5.32 Å². The normalized spacial score (nSPS) is 10.9. The predicted molar refractivity (Wildman–Crippen MR) is 85.6 cm³/mol. The molecule has 0 spiro atoms. The smallest absolute Gasteiger partial charge is 0.272 e. The molecule has 0 fully saturated rings. The fourth-order valence-electron chi connectivity index (χ4n) is 2.31. The van der Waals surface area contributed by atoms with Crippen molar-refractivity contribution in [1.29, 1.82) is 0 Å². The molecule has 4 nitrogen and oxygen atoms in total. The van der Waals surface area contributed by atoms with Crippen molar-refractivity contribution in [3.8, 4) is 0 Å². The van der Waals surface area contributed by atoms with Gasteiger partial charge in [-0.1, -0.05) is 31.5 Å². The van der Waals surface area contributed by atoms with Gasteiger partial charge in [0.2, 0.25) is 0 Å². The number of nitrogens with zero attached hydrogens (tertiary/aromatic N) is 1. The number of aryl methyl sites for hydroxylation is 1. The summed E-state index contributed by atoms with van der Waals surface area (Å²) in [5.74, 6) is -0.135. The minimum absolute atomic E-state index is 0.135. The Kier molecular flexibility index (Phi) is 4.01. The zero-order chi connectivity index (χ0) is 14.7. The standard InChI is InChI=1S/C16H17N3OS/c1-2-5-12-8-14(19-18-12)16(20)17-9-11-10-21-15-7-4-3-6-13(11)15/h3-4,6-8,10H,2,5,9H2,1H3,(H,17,20)(H,18,19). The molecule has 3 rings (SSSR count). The Morgan fingerprint density at radius 3 is 3.10 bits per heavy atom. The third-order valence-corrected chi connectivity index (χ3v) is 4.40. The third kappa shape index (κ3) is 2.97. The lowest BCUT2D eigenvalue weighted by molar-refractivity contribution is 0.0946. The highest BCUT2D eigenvalue weighted by Crippen LogP contribution is 2.25. The molecule has 0 aliphatic heterocycles. The summed E-state index contributed by atoms with van der Waals surface area (Å²) in [6.07, 6.45) is 1.94. The summed E-state index contributed by atoms with van der Waals surface area (Å²) in [4.78, 5) is 12.1. The number of fused-ring (bicyclic) bond motifs is 1. The number of thiophene rings is 1. The van der Waals surface area contributed by atoms with Crippen LogP contribution in [0.3, 0.4) is 0 Å². The molecule has 1 aromatic carbocycles. The van der Waals surface area contributed by atoms with Gasteiger partial charge >= 0.3 is 0 Å². The Bertz CT molecular complexity index is 760. The van der Waals surface area contributed by atoms with Crippen LogP contribution in [0.2, 0.25) is 0 Å². The Hall–Kier alpha value is -2.14. The molecule has 0 aliphatic carbocycles. The maximum atomic E-state index is 12.1. The molecule has 0 saturated heterocycles. The molecule has 5 heteroatoms. The van der Waals surface area contributed by atoms with E-state index in [9.17, 15) is 4.79 Å². The molecule has 108 valence electrons. The van der Waals surface area contributed by atoms with E-state index in [0.29, 0.717) is 12.2 Å². The monoisotopic (exact) mass is 299 g/mol. The van der Waals surface area contributed by atoms with Crippen LogP contribution < -0.4 is 5.32 Å². The highest BCUT2D eigenvalue weighted by Gasteiger charge is 2.11. The Morgan fingerprint density at radius 1 is 1.38 bits per heavy atom. The number of amides is 1. The quantitative estimate of drug-likeness (QED) is 0.757. The Morgan fingerprint density at radius 2 is 2.24 bits per heavy atom. The van der Waals surface area contributed by atoms with Gasteiger partial charge in [-0.25, -0.2) is 0 Å². The molecule has 2 aromatic heterocycles. The van der Waals surface area contributed by atoms with Crippen LogP contribution >= 0.6 is 11.3 Å². The molecule has 3 aromatic rings. The van der Waals surface area contributed by atoms with E-state index in [1.807, 2.05) is 18.2 Å². The van der Waals surface area contributed by atoms with Crippen molar-refractivity contribution in [3.05, 3.63) is 52.7 Å². The number of nitrogens with one attached hydrogen (secondary N) is 2. The first-order chi connectivity index (χ1) is 10.3. The van der Waals surface area contributed by atoms with E-state index in [1.54, 1.807) is 11.3 Å². The van der Waals surface area contributed by atoms with Crippen LogP contribution in [0.4, 0.5) is 0 Å². The van der Waals surface area contributed by atoms with Gasteiger partial charge in [-0.2, -0.15) is 5.10 Å². The summed E-state index contributed by atoms with van der Waals surface area (Å²) in [5, 5.41) is 13.2. The van der Waals surface area contributed by atoms with Crippen molar-refractivity contribution in [2.45, 2.75) is 26.3 Å². The molecule has 21 heavy (non-hydrogen) atoms. The maximum Gasteiger partial charge on any atom is 0.272 e. The van der Waals surface area contributed by atoms with Crippen molar-refractivity contribution in [2.75, 3.05) is 0 Å². The second kappa shape index (κ2) is 6.10. The number of aromatic amines is 1. The fourth-order valence-corrected chi connectivity index (χ4v) is 3.27. The topological polar surface area (TPSA) is 57.8 Å². The zero-order valence-corrected chi connectivity index (χ0v) is 12.7. The first-order valence-corrected chi connectivity index (χ1v) is 7.93. The molecule has 0 saturated carbocycles. The van der Waals surface area contributed by atoms with E-state index < -0.39 is 0 Å². The zero-order valence-electron chi connectivity index (χ0n) is 11.8. The number of benzene rings is 1. The van der Waals surface area contributed by atoms with Crippen LogP contribution in [-0.2, 0) is 13.0 Å². The number of aromatic nitrogens is 2. The van der Waals surface area contributed by atoms with Gasteiger partial charge in [0.25, 0.3) is 5.91 Å². The van der Waals surface area contributed by atoms with Crippen molar-refractivity contribution < 1.29 is 4.79 Å². The van der Waals surface area contributed by atoms with Crippen LogP contribution in [0, 0.1) is 0 Å². The number of carbonyl (C=O) groups excluding carboxylic acids is 1. The van der Waals surface area contributed by atoms with Gasteiger partial charge in [-0.3, -0.25) is 9.89 Å². The minimum Gasteiger partial charge on any atom is -0.347 e. The van der Waals surface area contributed by atoms with Crippen LogP contribution in [-0.4, -0.2) is 16.1 Å². The van der Waals surface area contributed by atoms with Crippen molar-refractivity contribution in [1.82, 2.24) is 15.5 Å². The lowest BCUT2D eigenvalue weighted by atomic mass is 10.2. The van der Waals surface area contributed by atoms with Crippen molar-refractivity contribution in [2.24, 2.45) is 0 Å². The third-order valence-electron chi connectivity index (χ3n) is 3.38. The Labute approximate surface area is 127 Å². The number of H-pyrrole nitrogens is 1. The van der Waals surface area contributed by atoms with E-state index in [1.165, 1.54) is 10.1 Å².